The summed E-state index contributed by atoms with van der Waals surface area (Å²) in [7, 11) is 0. The largest absolute Gasteiger partial charge is 0.361 e. The molecular formula is C30H31FO. The normalized spacial score (nSPS) is 19.2. The SMILES string of the molecule is CCC(C)Cc1ccc([C@@]2(OCc3ccccc3)C=CC(c3ccccc3)=C(F)C2)cc1. The van der Waals surface area contributed by atoms with Crippen LogP contribution in [-0.4, -0.2) is 0 Å². The fourth-order valence-corrected chi connectivity index (χ4v) is 4.20. The van der Waals surface area contributed by atoms with Gasteiger partial charge in [0.25, 0.3) is 0 Å². The summed E-state index contributed by atoms with van der Waals surface area (Å²) < 4.78 is 22.0. The molecule has 1 aliphatic rings. The zero-order valence-electron chi connectivity index (χ0n) is 18.9. The summed E-state index contributed by atoms with van der Waals surface area (Å²) in [6.07, 6.45) is 6.31. The lowest BCUT2D eigenvalue weighted by Crippen LogP contribution is -2.29. The fraction of sp³-hybridized carbons (Fsp3) is 0.267. The van der Waals surface area contributed by atoms with Crippen LogP contribution < -0.4 is 0 Å². The van der Waals surface area contributed by atoms with E-state index >= 15 is 4.39 Å². The molecule has 3 aromatic rings. The highest BCUT2D eigenvalue weighted by molar-refractivity contribution is 5.77. The van der Waals surface area contributed by atoms with E-state index in [1.165, 1.54) is 5.56 Å². The van der Waals surface area contributed by atoms with Crippen molar-refractivity contribution in [2.45, 2.75) is 45.3 Å². The summed E-state index contributed by atoms with van der Waals surface area (Å²) in [6, 6.07) is 28.3. The third-order valence-electron chi connectivity index (χ3n) is 6.38. The Labute approximate surface area is 191 Å². The summed E-state index contributed by atoms with van der Waals surface area (Å²) in [5.74, 6) is 0.503. The van der Waals surface area contributed by atoms with Gasteiger partial charge in [0.2, 0.25) is 0 Å². The summed E-state index contributed by atoms with van der Waals surface area (Å²) in [5, 5.41) is 0. The van der Waals surface area contributed by atoms with Gasteiger partial charge in [-0.25, -0.2) is 4.39 Å². The molecule has 0 bridgehead atoms. The Morgan fingerprint density at radius 3 is 2.16 bits per heavy atom. The Morgan fingerprint density at radius 1 is 0.875 bits per heavy atom. The number of halogens is 1. The lowest BCUT2D eigenvalue weighted by atomic mass is 9.82. The predicted molar refractivity (Wildman–Crippen MR) is 131 cm³/mol. The van der Waals surface area contributed by atoms with E-state index < -0.39 is 5.60 Å². The van der Waals surface area contributed by atoms with Crippen molar-refractivity contribution in [3.05, 3.63) is 125 Å². The number of hydrogen-bond donors (Lipinski definition) is 0. The number of hydrogen-bond acceptors (Lipinski definition) is 1. The van der Waals surface area contributed by atoms with Gasteiger partial charge in [-0.2, -0.15) is 0 Å². The van der Waals surface area contributed by atoms with Crippen molar-refractivity contribution in [2.75, 3.05) is 0 Å². The van der Waals surface area contributed by atoms with E-state index in [2.05, 4.69) is 38.1 Å². The van der Waals surface area contributed by atoms with Gasteiger partial charge in [-0.1, -0.05) is 111 Å². The Balaban J connectivity index is 1.64. The monoisotopic (exact) mass is 426 g/mol. The van der Waals surface area contributed by atoms with Gasteiger partial charge in [0, 0.05) is 12.0 Å². The summed E-state index contributed by atoms with van der Waals surface area (Å²) in [4.78, 5) is 0. The molecule has 0 N–H and O–H groups in total. The van der Waals surface area contributed by atoms with Gasteiger partial charge in [-0.05, 0) is 40.7 Å². The van der Waals surface area contributed by atoms with Crippen LogP contribution in [0.3, 0.4) is 0 Å². The maximum Gasteiger partial charge on any atom is 0.118 e. The van der Waals surface area contributed by atoms with E-state index in [0.717, 1.165) is 29.5 Å². The van der Waals surface area contributed by atoms with Gasteiger partial charge in [-0.15, -0.1) is 0 Å². The Bertz CT molecular complexity index is 1070. The standard InChI is InChI=1S/C30H31FO/c1-3-23(2)20-24-14-16-27(17-15-24)30(32-22-25-10-6-4-7-11-25)19-18-28(29(31)21-30)26-12-8-5-9-13-26/h4-19,23H,3,20-22H2,1-2H3/t23?,30-/m1/s1. The second-order valence-corrected chi connectivity index (χ2v) is 8.77. The molecule has 32 heavy (non-hydrogen) atoms. The minimum Gasteiger partial charge on any atom is -0.361 e. The lowest BCUT2D eigenvalue weighted by molar-refractivity contribution is -0.0283. The average Bonchev–Trinajstić information content (AvgIpc) is 2.84. The fourth-order valence-electron chi connectivity index (χ4n) is 4.20. The van der Waals surface area contributed by atoms with E-state index in [4.69, 9.17) is 4.74 Å². The van der Waals surface area contributed by atoms with E-state index in [9.17, 15) is 0 Å². The molecule has 3 aromatic carbocycles. The van der Waals surface area contributed by atoms with Crippen LogP contribution in [0.4, 0.5) is 4.39 Å². The first kappa shape index (κ1) is 22.2. The van der Waals surface area contributed by atoms with Crippen LogP contribution >= 0.6 is 0 Å². The molecular weight excluding hydrogens is 395 g/mol. The molecule has 0 amide bonds. The molecule has 0 radical (unpaired) electrons. The lowest BCUT2D eigenvalue weighted by Gasteiger charge is -2.34. The topological polar surface area (TPSA) is 9.23 Å². The molecule has 1 aliphatic carbocycles. The molecule has 0 heterocycles. The van der Waals surface area contributed by atoms with Gasteiger partial charge >= 0.3 is 0 Å². The summed E-state index contributed by atoms with van der Waals surface area (Å²) in [5.41, 5.74) is 4.07. The number of allylic oxidation sites excluding steroid dienone is 2. The Hall–Kier alpha value is -2.97. The molecule has 0 saturated carbocycles. The Morgan fingerprint density at radius 2 is 1.53 bits per heavy atom. The van der Waals surface area contributed by atoms with Crippen LogP contribution in [0.15, 0.2) is 103 Å². The van der Waals surface area contributed by atoms with Crippen molar-refractivity contribution in [3.8, 4) is 0 Å². The molecule has 1 nitrogen and oxygen atoms in total. The highest BCUT2D eigenvalue weighted by Crippen LogP contribution is 2.42. The van der Waals surface area contributed by atoms with Crippen LogP contribution in [0.2, 0.25) is 0 Å². The van der Waals surface area contributed by atoms with Crippen molar-refractivity contribution in [2.24, 2.45) is 5.92 Å². The van der Waals surface area contributed by atoms with Crippen molar-refractivity contribution >= 4 is 5.57 Å². The average molecular weight is 427 g/mol. The molecule has 2 atom stereocenters. The van der Waals surface area contributed by atoms with Crippen LogP contribution in [0.1, 0.15) is 48.9 Å². The molecule has 0 saturated heterocycles. The number of ether oxygens (including phenoxy) is 1. The van der Waals surface area contributed by atoms with Crippen LogP contribution in [0.25, 0.3) is 5.57 Å². The molecule has 0 spiro atoms. The molecule has 164 valence electrons. The van der Waals surface area contributed by atoms with E-state index in [-0.39, 0.29) is 12.2 Å². The first-order chi connectivity index (χ1) is 15.6. The maximum absolute atomic E-state index is 15.5. The smallest absolute Gasteiger partial charge is 0.118 e. The molecule has 0 aliphatic heterocycles. The van der Waals surface area contributed by atoms with Gasteiger partial charge in [0.15, 0.2) is 0 Å². The minimum absolute atomic E-state index is 0.143. The highest BCUT2D eigenvalue weighted by Gasteiger charge is 2.36. The quantitative estimate of drug-likeness (QED) is 0.354. The van der Waals surface area contributed by atoms with Crippen molar-refractivity contribution < 1.29 is 9.13 Å². The van der Waals surface area contributed by atoms with Crippen molar-refractivity contribution in [3.63, 3.8) is 0 Å². The number of rotatable bonds is 8. The van der Waals surface area contributed by atoms with Gasteiger partial charge in [0.05, 0.1) is 6.61 Å². The molecule has 2 heteroatoms. The molecule has 4 rings (SSSR count). The second-order valence-electron chi connectivity index (χ2n) is 8.77. The summed E-state index contributed by atoms with van der Waals surface area (Å²) >= 11 is 0. The van der Waals surface area contributed by atoms with E-state index in [0.29, 0.717) is 18.1 Å². The molecule has 0 aromatic heterocycles. The predicted octanol–water partition coefficient (Wildman–Crippen LogP) is 8.03. The second kappa shape index (κ2) is 10.1. The third kappa shape index (κ3) is 5.08. The third-order valence-corrected chi connectivity index (χ3v) is 6.38. The zero-order valence-corrected chi connectivity index (χ0v) is 18.9. The van der Waals surface area contributed by atoms with Crippen molar-refractivity contribution in [1.29, 1.82) is 0 Å². The zero-order chi connectivity index (χ0) is 22.4. The van der Waals surface area contributed by atoms with Gasteiger partial charge in [0.1, 0.15) is 11.4 Å². The van der Waals surface area contributed by atoms with Crippen LogP contribution in [0, 0.1) is 5.92 Å². The van der Waals surface area contributed by atoms with Crippen molar-refractivity contribution in [1.82, 2.24) is 0 Å². The first-order valence-corrected chi connectivity index (χ1v) is 11.5. The van der Waals surface area contributed by atoms with Crippen LogP contribution in [0.5, 0.6) is 0 Å². The molecule has 1 unspecified atom stereocenters. The first-order valence-electron chi connectivity index (χ1n) is 11.5. The highest BCUT2D eigenvalue weighted by atomic mass is 19.1. The summed E-state index contributed by atoms with van der Waals surface area (Å²) in [6.45, 7) is 4.92. The maximum atomic E-state index is 15.5. The van der Waals surface area contributed by atoms with Gasteiger partial charge < -0.3 is 4.74 Å². The number of benzene rings is 3. The van der Waals surface area contributed by atoms with Crippen LogP contribution in [-0.2, 0) is 23.4 Å². The Kier molecular flexibility index (Phi) is 7.02. The van der Waals surface area contributed by atoms with E-state index in [1.54, 1.807) is 0 Å². The molecule has 0 fully saturated rings. The minimum atomic E-state index is -0.826. The van der Waals surface area contributed by atoms with E-state index in [1.807, 2.05) is 72.8 Å². The van der Waals surface area contributed by atoms with Gasteiger partial charge in [-0.3, -0.25) is 0 Å².